The Hall–Kier alpha value is -0.880. The first kappa shape index (κ1) is 71.1. The van der Waals surface area contributed by atoms with E-state index in [-0.39, 0.29) is 11.9 Å². The Labute approximate surface area is 460 Å². The number of esters is 2. The van der Waals surface area contributed by atoms with Crippen molar-refractivity contribution in [3.05, 3.63) is 23.0 Å². The lowest BCUT2D eigenvalue weighted by Crippen LogP contribution is -2.03. The zero-order chi connectivity index (χ0) is 51.8. The van der Waals surface area contributed by atoms with Gasteiger partial charge in [0.2, 0.25) is 0 Å². The predicted molar refractivity (Wildman–Crippen MR) is 326 cm³/mol. The molecule has 0 amide bonds. The lowest BCUT2D eigenvalue weighted by atomic mass is 10.0. The van der Waals surface area contributed by atoms with Crippen LogP contribution in [-0.4, -0.2) is 36.7 Å². The van der Waals surface area contributed by atoms with Gasteiger partial charge in [-0.15, -0.1) is 23.5 Å². The van der Waals surface area contributed by atoms with Gasteiger partial charge in [-0.2, -0.15) is 0 Å². The van der Waals surface area contributed by atoms with Crippen LogP contribution >= 0.6 is 23.5 Å². The number of unbranched alkanes of at least 4 members (excludes halogenated alkanes) is 49. The van der Waals surface area contributed by atoms with Crippen LogP contribution in [0.15, 0.2) is 23.0 Å². The van der Waals surface area contributed by atoms with Crippen molar-refractivity contribution in [3.8, 4) is 0 Å². The highest BCUT2D eigenvalue weighted by Gasteiger charge is 2.04. The van der Waals surface area contributed by atoms with Crippen LogP contribution in [0.5, 0.6) is 0 Å². The molecule has 0 radical (unpaired) electrons. The van der Waals surface area contributed by atoms with E-state index >= 15 is 0 Å². The molecule has 0 saturated carbocycles. The number of carbonyl (C=O) groups is 2. The second-order valence-electron chi connectivity index (χ2n) is 22.0. The molecule has 0 heterocycles. The minimum atomic E-state index is -0.0324. The van der Waals surface area contributed by atoms with E-state index in [0.29, 0.717) is 26.1 Å². The Bertz CT molecular complexity index is 1010. The van der Waals surface area contributed by atoms with E-state index in [1.54, 1.807) is 0 Å². The summed E-state index contributed by atoms with van der Waals surface area (Å²) in [6.45, 7) is 5.43. The zero-order valence-electron chi connectivity index (χ0n) is 48.8. The lowest BCUT2D eigenvalue weighted by molar-refractivity contribution is -0.143. The third-order valence-corrected chi connectivity index (χ3v) is 16.6. The molecule has 0 saturated heterocycles. The molecule has 72 heavy (non-hydrogen) atoms. The molecule has 0 fully saturated rings. The molecule has 0 aromatic carbocycles. The summed E-state index contributed by atoms with van der Waals surface area (Å²) in [5, 5.41) is 4.23. The van der Waals surface area contributed by atoms with Crippen LogP contribution in [0, 0.1) is 0 Å². The van der Waals surface area contributed by atoms with Crippen LogP contribution in [-0.2, 0) is 19.1 Å². The Balaban J connectivity index is 3.20. The highest BCUT2D eigenvalue weighted by molar-refractivity contribution is 8.02. The van der Waals surface area contributed by atoms with Gasteiger partial charge in [-0.25, -0.2) is 0 Å². The molecule has 0 aromatic heterocycles. The first-order valence-corrected chi connectivity index (χ1v) is 34.6. The maximum atomic E-state index is 12.0. The van der Waals surface area contributed by atoms with Crippen LogP contribution in [0.25, 0.3) is 0 Å². The van der Waals surface area contributed by atoms with Crippen molar-refractivity contribution in [3.63, 3.8) is 0 Å². The zero-order valence-corrected chi connectivity index (χ0v) is 50.4. The fourth-order valence-electron chi connectivity index (χ4n) is 9.96. The van der Waals surface area contributed by atoms with Gasteiger partial charge >= 0.3 is 11.9 Å². The second-order valence-corrected chi connectivity index (χ2v) is 24.1. The Morgan fingerprint density at radius 1 is 0.264 bits per heavy atom. The molecule has 0 N–H and O–H groups in total. The number of thioether (sulfide) groups is 2. The van der Waals surface area contributed by atoms with Crippen molar-refractivity contribution >= 4 is 35.5 Å². The first-order valence-electron chi connectivity index (χ1n) is 32.5. The van der Waals surface area contributed by atoms with Crippen LogP contribution in [0.3, 0.4) is 0 Å². The summed E-state index contributed by atoms with van der Waals surface area (Å²) in [5.41, 5.74) is 0. The van der Waals surface area contributed by atoms with Crippen molar-refractivity contribution in [1.82, 2.24) is 0 Å². The van der Waals surface area contributed by atoms with E-state index in [4.69, 9.17) is 9.47 Å². The first-order chi connectivity index (χ1) is 35.7. The van der Waals surface area contributed by atoms with E-state index in [9.17, 15) is 9.59 Å². The van der Waals surface area contributed by atoms with Gasteiger partial charge < -0.3 is 9.47 Å². The fourth-order valence-corrected chi connectivity index (χ4v) is 11.4. The van der Waals surface area contributed by atoms with Gasteiger partial charge in [0.05, 0.1) is 0 Å². The van der Waals surface area contributed by atoms with Crippen LogP contribution in [0.1, 0.15) is 361 Å². The fraction of sp³-hybridized carbons (Fsp3) is 0.909. The minimum Gasteiger partial charge on any atom is -0.461 e. The van der Waals surface area contributed by atoms with Crippen molar-refractivity contribution < 1.29 is 19.1 Å². The van der Waals surface area contributed by atoms with Crippen LogP contribution in [0.4, 0.5) is 0 Å². The van der Waals surface area contributed by atoms with Gasteiger partial charge in [0.25, 0.3) is 0 Å². The van der Waals surface area contributed by atoms with E-state index in [0.717, 1.165) is 25.7 Å². The predicted octanol–water partition coefficient (Wildman–Crippen LogP) is 23.7. The summed E-state index contributed by atoms with van der Waals surface area (Å²) in [6.07, 6.45) is 76.5. The van der Waals surface area contributed by atoms with Gasteiger partial charge in [-0.05, 0) is 60.2 Å². The standard InChI is InChI=1S/C66H126O4S2/c1-3-5-7-9-11-13-41-45-49-53-61-71-63-55-59-69-65(67)57-51-47-43-39-37-35-33-31-29-27-25-23-21-19-17-15-16-18-20-22-24-26-28-30-32-34-36-38-40-44-48-52-58-66(68)70-60-56-64-72-62-54-50-46-42-14-12-10-8-6-4-2/h55-56,63-64H,3-54,57-62H2,1-2H3. The number of hydrogen-bond acceptors (Lipinski definition) is 6. The average Bonchev–Trinajstić information content (AvgIpc) is 3.38. The van der Waals surface area contributed by atoms with E-state index in [1.165, 1.54) is 320 Å². The van der Waals surface area contributed by atoms with Gasteiger partial charge in [0.1, 0.15) is 13.2 Å². The molecule has 0 atom stereocenters. The molecule has 426 valence electrons. The third-order valence-electron chi connectivity index (χ3n) is 14.8. The smallest absolute Gasteiger partial charge is 0.306 e. The lowest BCUT2D eigenvalue weighted by Gasteiger charge is -2.05. The molecule has 0 aromatic rings. The summed E-state index contributed by atoms with van der Waals surface area (Å²) in [5.74, 6) is 2.29. The molecule has 0 aliphatic carbocycles. The maximum Gasteiger partial charge on any atom is 0.306 e. The number of ether oxygens (including phenoxy) is 2. The SMILES string of the molecule is CCCCCCCCCCCCSC=CCOC(=O)CCCCCCCCCCCCCCCCCCCCCCCCCCCCCCCCCCC(=O)OCC=CSCCCCCCCCCCCC. The largest absolute Gasteiger partial charge is 0.461 e. The van der Waals surface area contributed by atoms with E-state index in [2.05, 4.69) is 24.7 Å². The number of hydrogen-bond donors (Lipinski definition) is 0. The topological polar surface area (TPSA) is 52.6 Å². The van der Waals surface area contributed by atoms with E-state index in [1.807, 2.05) is 35.7 Å². The van der Waals surface area contributed by atoms with Gasteiger partial charge in [-0.1, -0.05) is 322 Å². The second kappa shape index (κ2) is 66.2. The van der Waals surface area contributed by atoms with Crippen LogP contribution in [0.2, 0.25) is 0 Å². The Kier molecular flexibility index (Phi) is 65.4. The van der Waals surface area contributed by atoms with Crippen molar-refractivity contribution in [2.45, 2.75) is 361 Å². The molecule has 0 rings (SSSR count). The van der Waals surface area contributed by atoms with Gasteiger partial charge in [-0.3, -0.25) is 9.59 Å². The summed E-state index contributed by atoms with van der Waals surface area (Å²) in [4.78, 5) is 24.1. The Morgan fingerprint density at radius 2 is 0.444 bits per heavy atom. The highest BCUT2D eigenvalue weighted by Crippen LogP contribution is 2.19. The monoisotopic (exact) mass is 1050 g/mol. The maximum absolute atomic E-state index is 12.0. The normalized spacial score (nSPS) is 11.8. The summed E-state index contributed by atoms with van der Waals surface area (Å²) in [7, 11) is 0. The number of rotatable bonds is 63. The molecule has 0 spiro atoms. The van der Waals surface area contributed by atoms with Gasteiger partial charge in [0, 0.05) is 12.8 Å². The molecule has 0 aliphatic heterocycles. The van der Waals surface area contributed by atoms with Crippen molar-refractivity contribution in [1.29, 1.82) is 0 Å². The molecule has 6 heteroatoms. The summed E-state index contributed by atoms with van der Waals surface area (Å²) in [6, 6.07) is 0. The molecule has 4 nitrogen and oxygen atoms in total. The molecule has 0 aliphatic rings. The third kappa shape index (κ3) is 65.2. The van der Waals surface area contributed by atoms with Crippen molar-refractivity contribution in [2.24, 2.45) is 0 Å². The van der Waals surface area contributed by atoms with Crippen molar-refractivity contribution in [2.75, 3.05) is 24.7 Å². The number of carbonyl (C=O) groups excluding carboxylic acids is 2. The Morgan fingerprint density at radius 3 is 0.653 bits per heavy atom. The van der Waals surface area contributed by atoms with Gasteiger partial charge in [0.15, 0.2) is 0 Å². The quantitative estimate of drug-likeness (QED) is 0.0447. The average molecular weight is 1050 g/mol. The van der Waals surface area contributed by atoms with E-state index < -0.39 is 0 Å². The molecular weight excluding hydrogens is 921 g/mol. The summed E-state index contributed by atoms with van der Waals surface area (Å²) < 4.78 is 10.8. The van der Waals surface area contributed by atoms with Crippen LogP contribution < -0.4 is 0 Å². The summed E-state index contributed by atoms with van der Waals surface area (Å²) >= 11 is 3.71. The highest BCUT2D eigenvalue weighted by atomic mass is 32.2. The minimum absolute atomic E-state index is 0.0324. The molecule has 0 unspecified atom stereocenters. The molecule has 0 bridgehead atoms. The molecular formula is C66H126O4S2.